The molecule has 1 amide bonds. The predicted octanol–water partition coefficient (Wildman–Crippen LogP) is 3.95. The Kier molecular flexibility index (Phi) is 3.87. The summed E-state index contributed by atoms with van der Waals surface area (Å²) in [6.45, 7) is 1.62. The Morgan fingerprint density at radius 1 is 1.04 bits per heavy atom. The third kappa shape index (κ3) is 2.74. The first kappa shape index (κ1) is 15.9. The molecule has 25 heavy (non-hydrogen) atoms. The topological polar surface area (TPSA) is 23.6 Å². The number of hydrogen-bond acceptors (Lipinski definition) is 2. The van der Waals surface area contributed by atoms with Crippen LogP contribution in [0.2, 0.25) is 0 Å². The van der Waals surface area contributed by atoms with Crippen molar-refractivity contribution in [2.24, 2.45) is 0 Å². The summed E-state index contributed by atoms with van der Waals surface area (Å²) in [5, 5.41) is 0. The van der Waals surface area contributed by atoms with Crippen molar-refractivity contribution in [3.8, 4) is 0 Å². The SMILES string of the molecule is CN(C)c1cccc(C(=O)N2CCC3(C=Cc4ccccc43)CC2)c1. The van der Waals surface area contributed by atoms with Gasteiger partial charge >= 0.3 is 0 Å². The van der Waals surface area contributed by atoms with Crippen molar-refractivity contribution >= 4 is 17.7 Å². The summed E-state index contributed by atoms with van der Waals surface area (Å²) in [5.41, 5.74) is 4.73. The molecule has 3 nitrogen and oxygen atoms in total. The Bertz CT molecular complexity index is 829. The van der Waals surface area contributed by atoms with Crippen molar-refractivity contribution in [1.29, 1.82) is 0 Å². The highest BCUT2D eigenvalue weighted by molar-refractivity contribution is 5.95. The van der Waals surface area contributed by atoms with Gasteiger partial charge in [-0.2, -0.15) is 0 Å². The smallest absolute Gasteiger partial charge is 0.253 e. The highest BCUT2D eigenvalue weighted by Crippen LogP contribution is 2.43. The van der Waals surface area contributed by atoms with E-state index in [0.717, 1.165) is 37.2 Å². The van der Waals surface area contributed by atoms with Crippen LogP contribution in [0.1, 0.15) is 34.3 Å². The van der Waals surface area contributed by atoms with Gasteiger partial charge < -0.3 is 9.80 Å². The zero-order valence-corrected chi connectivity index (χ0v) is 14.9. The van der Waals surface area contributed by atoms with E-state index in [-0.39, 0.29) is 11.3 Å². The molecule has 2 aromatic rings. The first-order valence-electron chi connectivity index (χ1n) is 8.94. The minimum atomic E-state index is 0.124. The third-order valence-electron chi connectivity index (χ3n) is 5.63. The molecular weight excluding hydrogens is 308 g/mol. The summed E-state index contributed by atoms with van der Waals surface area (Å²) in [7, 11) is 4.00. The van der Waals surface area contributed by atoms with Crippen molar-refractivity contribution in [2.75, 3.05) is 32.1 Å². The summed E-state index contributed by atoms with van der Waals surface area (Å²) in [4.78, 5) is 17.0. The van der Waals surface area contributed by atoms with E-state index < -0.39 is 0 Å². The summed E-state index contributed by atoms with van der Waals surface area (Å²) in [6.07, 6.45) is 6.60. The molecule has 1 aliphatic heterocycles. The molecule has 0 N–H and O–H groups in total. The predicted molar refractivity (Wildman–Crippen MR) is 103 cm³/mol. The van der Waals surface area contributed by atoms with Crippen molar-refractivity contribution in [1.82, 2.24) is 4.90 Å². The fourth-order valence-corrected chi connectivity index (χ4v) is 4.08. The molecule has 3 heteroatoms. The standard InChI is InChI=1S/C22H24N2O/c1-23(2)19-8-5-7-18(16-19)21(25)24-14-12-22(13-15-24)11-10-17-6-3-4-9-20(17)22/h3-11,16H,12-15H2,1-2H3. The van der Waals surface area contributed by atoms with Crippen LogP contribution >= 0.6 is 0 Å². The van der Waals surface area contributed by atoms with Crippen LogP contribution in [0.25, 0.3) is 6.08 Å². The van der Waals surface area contributed by atoms with Crippen LogP contribution in [0.3, 0.4) is 0 Å². The third-order valence-corrected chi connectivity index (χ3v) is 5.63. The van der Waals surface area contributed by atoms with Crippen molar-refractivity contribution < 1.29 is 4.79 Å². The monoisotopic (exact) mass is 332 g/mol. The van der Waals surface area contributed by atoms with Crippen molar-refractivity contribution in [3.63, 3.8) is 0 Å². The van der Waals surface area contributed by atoms with Gasteiger partial charge in [0.25, 0.3) is 5.91 Å². The molecule has 0 saturated carbocycles. The number of benzene rings is 2. The van der Waals surface area contributed by atoms with E-state index in [1.165, 1.54) is 11.1 Å². The Morgan fingerprint density at radius 3 is 2.56 bits per heavy atom. The first-order valence-corrected chi connectivity index (χ1v) is 8.94. The molecule has 4 rings (SSSR count). The fraction of sp³-hybridized carbons (Fsp3) is 0.318. The maximum atomic E-state index is 12.9. The van der Waals surface area contributed by atoms with Crippen LogP contribution in [0.15, 0.2) is 54.6 Å². The molecule has 1 fully saturated rings. The van der Waals surface area contributed by atoms with Crippen LogP contribution in [-0.4, -0.2) is 38.0 Å². The van der Waals surface area contributed by atoms with Gasteiger partial charge in [0.05, 0.1) is 0 Å². The Hall–Kier alpha value is -2.55. The van der Waals surface area contributed by atoms with Crippen LogP contribution < -0.4 is 4.90 Å². The van der Waals surface area contributed by atoms with Crippen molar-refractivity contribution in [2.45, 2.75) is 18.3 Å². The normalized spacial score (nSPS) is 17.6. The molecule has 0 radical (unpaired) electrons. The van der Waals surface area contributed by atoms with E-state index >= 15 is 0 Å². The lowest BCUT2D eigenvalue weighted by Crippen LogP contribution is -2.44. The quantitative estimate of drug-likeness (QED) is 0.831. The average molecular weight is 332 g/mol. The number of allylic oxidation sites excluding steroid dienone is 1. The second-order valence-electron chi connectivity index (χ2n) is 7.31. The summed E-state index contributed by atoms with van der Waals surface area (Å²) < 4.78 is 0. The van der Waals surface area contributed by atoms with Crippen LogP contribution in [-0.2, 0) is 5.41 Å². The van der Waals surface area contributed by atoms with Crippen LogP contribution in [0.4, 0.5) is 5.69 Å². The number of rotatable bonds is 2. The fourth-order valence-electron chi connectivity index (χ4n) is 4.08. The van der Waals surface area contributed by atoms with Gasteiger partial charge in [0, 0.05) is 43.9 Å². The van der Waals surface area contributed by atoms with E-state index in [1.54, 1.807) is 0 Å². The molecule has 2 aromatic carbocycles. The number of piperidine rings is 1. The van der Waals surface area contributed by atoms with E-state index in [2.05, 4.69) is 36.4 Å². The number of hydrogen-bond donors (Lipinski definition) is 0. The molecular formula is C22H24N2O. The number of anilines is 1. The molecule has 128 valence electrons. The van der Waals surface area contributed by atoms with Gasteiger partial charge in [-0.1, -0.05) is 42.5 Å². The molecule has 0 bridgehead atoms. The lowest BCUT2D eigenvalue weighted by Gasteiger charge is -2.39. The lowest BCUT2D eigenvalue weighted by molar-refractivity contribution is 0.0690. The number of amides is 1. The van der Waals surface area contributed by atoms with Crippen LogP contribution in [0.5, 0.6) is 0 Å². The lowest BCUT2D eigenvalue weighted by atomic mass is 9.74. The second-order valence-corrected chi connectivity index (χ2v) is 7.31. The highest BCUT2D eigenvalue weighted by atomic mass is 16.2. The largest absolute Gasteiger partial charge is 0.378 e. The molecule has 1 saturated heterocycles. The molecule has 2 aliphatic rings. The maximum absolute atomic E-state index is 12.9. The second kappa shape index (κ2) is 6.07. The summed E-state index contributed by atoms with van der Waals surface area (Å²) in [6, 6.07) is 16.5. The number of carbonyl (C=O) groups is 1. The van der Waals surface area contributed by atoms with E-state index in [1.807, 2.05) is 48.2 Å². The maximum Gasteiger partial charge on any atom is 0.253 e. The van der Waals surface area contributed by atoms with Gasteiger partial charge in [-0.15, -0.1) is 0 Å². The van der Waals surface area contributed by atoms with E-state index in [4.69, 9.17) is 0 Å². The Labute approximate surface area is 149 Å². The molecule has 1 spiro atoms. The minimum Gasteiger partial charge on any atom is -0.378 e. The average Bonchev–Trinajstić information content (AvgIpc) is 3.00. The van der Waals surface area contributed by atoms with Gasteiger partial charge in [-0.25, -0.2) is 0 Å². The molecule has 0 unspecified atom stereocenters. The molecule has 1 heterocycles. The van der Waals surface area contributed by atoms with Gasteiger partial charge in [0.1, 0.15) is 0 Å². The van der Waals surface area contributed by atoms with Crippen molar-refractivity contribution in [3.05, 3.63) is 71.3 Å². The molecule has 1 aliphatic carbocycles. The highest BCUT2D eigenvalue weighted by Gasteiger charge is 2.38. The number of likely N-dealkylation sites (tertiary alicyclic amines) is 1. The number of fused-ring (bicyclic) bond motifs is 2. The minimum absolute atomic E-state index is 0.124. The van der Waals surface area contributed by atoms with Gasteiger partial charge in [0.2, 0.25) is 0 Å². The summed E-state index contributed by atoms with van der Waals surface area (Å²) >= 11 is 0. The number of carbonyl (C=O) groups excluding carboxylic acids is 1. The number of nitrogens with zero attached hydrogens (tertiary/aromatic N) is 2. The molecule has 0 atom stereocenters. The van der Waals surface area contributed by atoms with Crippen LogP contribution in [0, 0.1) is 0 Å². The van der Waals surface area contributed by atoms with Gasteiger partial charge in [-0.3, -0.25) is 4.79 Å². The Balaban J connectivity index is 1.50. The van der Waals surface area contributed by atoms with E-state index in [0.29, 0.717) is 0 Å². The zero-order chi connectivity index (χ0) is 17.4. The van der Waals surface area contributed by atoms with Gasteiger partial charge in [0.15, 0.2) is 0 Å². The zero-order valence-electron chi connectivity index (χ0n) is 14.9. The first-order chi connectivity index (χ1) is 12.1. The summed E-state index contributed by atoms with van der Waals surface area (Å²) in [5.74, 6) is 0.147. The van der Waals surface area contributed by atoms with E-state index in [9.17, 15) is 4.79 Å². The Morgan fingerprint density at radius 2 is 1.80 bits per heavy atom. The van der Waals surface area contributed by atoms with Gasteiger partial charge in [-0.05, 0) is 42.2 Å². The molecule has 0 aromatic heterocycles.